The third kappa shape index (κ3) is 6.32. The summed E-state index contributed by atoms with van der Waals surface area (Å²) in [6, 6.07) is 44.3. The molecule has 10 rings (SSSR count). The number of benzene rings is 6. The van der Waals surface area contributed by atoms with Crippen LogP contribution >= 0.6 is 0 Å². The van der Waals surface area contributed by atoms with E-state index in [4.69, 9.17) is 14.4 Å². The molecule has 0 atom stereocenters. The van der Waals surface area contributed by atoms with E-state index in [1.807, 2.05) is 18.3 Å². The summed E-state index contributed by atoms with van der Waals surface area (Å²) in [6.07, 6.45) is 1.89. The topological polar surface area (TPSA) is 63.6 Å². The number of fused-ring (bicyclic) bond motifs is 2. The molecule has 1 N–H and O–H groups in total. The Morgan fingerprint density at radius 1 is 0.600 bits per heavy atom. The van der Waals surface area contributed by atoms with Crippen LogP contribution in [-0.2, 0) is 37.3 Å². The Morgan fingerprint density at radius 2 is 1.28 bits per heavy atom. The number of nitrogens with zero attached hydrogens (tertiary/aromatic N) is 3. The molecule has 4 heterocycles. The van der Waals surface area contributed by atoms with Gasteiger partial charge in [-0.1, -0.05) is 146 Å². The molecule has 0 fully saturated rings. The number of pyridine rings is 1. The number of furan rings is 1. The van der Waals surface area contributed by atoms with Crippen molar-refractivity contribution >= 4 is 49.3 Å². The molecule has 10 aromatic rings. The maximum absolute atomic E-state index is 12.4. The van der Waals surface area contributed by atoms with Crippen LogP contribution in [0.2, 0.25) is 0 Å². The number of phenols is 1. The van der Waals surface area contributed by atoms with Gasteiger partial charge in [0, 0.05) is 49.3 Å². The van der Waals surface area contributed by atoms with Gasteiger partial charge in [0.05, 0.1) is 27.5 Å². The standard InChI is InChI=1S/C54H48N3O2.Pt/c1-52(2,3)35-26-33(25-34(27-35)42-28-32(23-24-55-42)31-15-11-10-12-16-31)37-21-22-39-38-17-13-19-44-46(38)47-43(18-14-20-45(47)59-44)57-49(39)48(37)56-51(57)40-29-36(53(4,5)6)30-41(50(40)58)54(7,8)9;/h10-24,26-30,58H,1-9H3;/q-1;. The molecule has 0 aliphatic rings. The Morgan fingerprint density at radius 3 is 2.00 bits per heavy atom. The molecule has 0 aliphatic carbocycles. The number of rotatable bonds is 4. The number of imidazole rings is 1. The number of phenolic OH excluding ortho intramolecular Hbond substituents is 1. The molecule has 0 radical (unpaired) electrons. The second-order valence-corrected chi connectivity index (χ2v) is 19.2. The van der Waals surface area contributed by atoms with Gasteiger partial charge in [-0.25, -0.2) is 4.98 Å². The van der Waals surface area contributed by atoms with Crippen LogP contribution in [0.3, 0.4) is 0 Å². The van der Waals surface area contributed by atoms with E-state index < -0.39 is 0 Å². The van der Waals surface area contributed by atoms with Crippen LogP contribution in [0.15, 0.2) is 126 Å². The van der Waals surface area contributed by atoms with Gasteiger partial charge < -0.3 is 9.52 Å². The molecule has 0 unspecified atom stereocenters. The van der Waals surface area contributed by atoms with E-state index in [9.17, 15) is 5.11 Å². The summed E-state index contributed by atoms with van der Waals surface area (Å²) in [5, 5.41) is 16.7. The monoisotopic (exact) mass is 965 g/mol. The molecule has 0 saturated heterocycles. The van der Waals surface area contributed by atoms with E-state index in [1.54, 1.807) is 0 Å². The van der Waals surface area contributed by atoms with Crippen molar-refractivity contribution < 1.29 is 30.6 Å². The van der Waals surface area contributed by atoms with Gasteiger partial charge in [-0.05, 0) is 68.7 Å². The summed E-state index contributed by atoms with van der Waals surface area (Å²) in [7, 11) is 0. The predicted molar refractivity (Wildman–Crippen MR) is 245 cm³/mol. The van der Waals surface area contributed by atoms with Gasteiger partial charge in [-0.2, -0.15) is 0 Å². The molecule has 4 aromatic heterocycles. The quantitative estimate of drug-likeness (QED) is 0.179. The molecule has 60 heavy (non-hydrogen) atoms. The van der Waals surface area contributed by atoms with Crippen molar-refractivity contribution in [1.82, 2.24) is 14.4 Å². The summed E-state index contributed by atoms with van der Waals surface area (Å²) in [5.74, 6) is 0.932. The molecular formula is C54H48N3O2Pt-. The molecule has 302 valence electrons. The summed E-state index contributed by atoms with van der Waals surface area (Å²) in [5.41, 5.74) is 13.6. The Labute approximate surface area is 365 Å². The second-order valence-electron chi connectivity index (χ2n) is 19.2. The minimum absolute atomic E-state index is 0. The van der Waals surface area contributed by atoms with Gasteiger partial charge in [0.15, 0.2) is 0 Å². The van der Waals surface area contributed by atoms with Crippen molar-refractivity contribution in [2.45, 2.75) is 78.6 Å². The molecule has 5 nitrogen and oxygen atoms in total. The first-order valence-corrected chi connectivity index (χ1v) is 20.5. The van der Waals surface area contributed by atoms with Crippen LogP contribution in [0.4, 0.5) is 0 Å². The molecule has 0 bridgehead atoms. The summed E-state index contributed by atoms with van der Waals surface area (Å²) >= 11 is 0. The third-order valence-electron chi connectivity index (χ3n) is 12.0. The van der Waals surface area contributed by atoms with Gasteiger partial charge in [0.25, 0.3) is 0 Å². The number of aromatic hydroxyl groups is 1. The minimum Gasteiger partial charge on any atom is -0.507 e. The van der Waals surface area contributed by atoms with Crippen LogP contribution in [0, 0.1) is 6.07 Å². The normalized spacial score (nSPS) is 12.7. The van der Waals surface area contributed by atoms with Crippen molar-refractivity contribution in [2.24, 2.45) is 0 Å². The van der Waals surface area contributed by atoms with Gasteiger partial charge in [0.1, 0.15) is 22.7 Å². The fraction of sp³-hybridized carbons (Fsp3) is 0.222. The Kier molecular flexibility index (Phi) is 9.19. The Balaban J connectivity index is 0.00000462. The number of aromatic nitrogens is 3. The Hall–Kier alpha value is -5.77. The van der Waals surface area contributed by atoms with E-state index in [-0.39, 0.29) is 43.1 Å². The third-order valence-corrected chi connectivity index (χ3v) is 12.0. The summed E-state index contributed by atoms with van der Waals surface area (Å²) in [6.45, 7) is 19.9. The zero-order valence-electron chi connectivity index (χ0n) is 35.6. The van der Waals surface area contributed by atoms with Crippen molar-refractivity contribution in [3.05, 3.63) is 144 Å². The first-order valence-electron chi connectivity index (χ1n) is 20.5. The number of hydrogen-bond acceptors (Lipinski definition) is 4. The van der Waals surface area contributed by atoms with E-state index in [0.717, 1.165) is 93.9 Å². The van der Waals surface area contributed by atoms with E-state index in [2.05, 4.69) is 176 Å². The molecule has 0 amide bonds. The fourth-order valence-corrected chi connectivity index (χ4v) is 8.77. The molecule has 0 spiro atoms. The zero-order valence-corrected chi connectivity index (χ0v) is 37.8. The van der Waals surface area contributed by atoms with Gasteiger partial charge in [-0.3, -0.25) is 9.38 Å². The van der Waals surface area contributed by atoms with E-state index in [0.29, 0.717) is 11.4 Å². The van der Waals surface area contributed by atoms with Crippen LogP contribution in [0.5, 0.6) is 5.75 Å². The first-order chi connectivity index (χ1) is 28.1. The minimum atomic E-state index is -0.321. The van der Waals surface area contributed by atoms with Crippen molar-refractivity contribution in [3.63, 3.8) is 0 Å². The summed E-state index contributed by atoms with van der Waals surface area (Å²) in [4.78, 5) is 10.6. The molecular weight excluding hydrogens is 918 g/mol. The van der Waals surface area contributed by atoms with Crippen molar-refractivity contribution in [3.8, 4) is 50.6 Å². The average Bonchev–Trinajstić information content (AvgIpc) is 3.76. The van der Waals surface area contributed by atoms with Crippen LogP contribution < -0.4 is 0 Å². The van der Waals surface area contributed by atoms with Gasteiger partial charge in [0.2, 0.25) is 0 Å². The maximum Gasteiger partial charge on any atom is 0.148 e. The molecule has 6 heteroatoms. The Bertz CT molecular complexity index is 3280. The first kappa shape index (κ1) is 39.7. The van der Waals surface area contributed by atoms with Crippen LogP contribution in [-0.4, -0.2) is 19.5 Å². The van der Waals surface area contributed by atoms with Crippen molar-refractivity contribution in [1.29, 1.82) is 0 Å². The molecule has 0 aliphatic heterocycles. The van der Waals surface area contributed by atoms with E-state index >= 15 is 0 Å². The molecule has 6 aromatic carbocycles. The van der Waals surface area contributed by atoms with Crippen LogP contribution in [0.25, 0.3) is 94.2 Å². The number of hydrogen-bond donors (Lipinski definition) is 1. The van der Waals surface area contributed by atoms with Crippen LogP contribution in [0.1, 0.15) is 79.0 Å². The SMILES string of the molecule is CC(C)(C)c1cc(-c2cc(-c3ccccc3)ccn2)[c-]c(-c2ccc3c4cccc5oc6cccc(c6c54)n4c(-c5cc(C(C)(C)C)cc(C(C)(C)C)c5O)nc2c34)c1.[Pt]. The van der Waals surface area contributed by atoms with Gasteiger partial charge in [-0.15, -0.1) is 29.3 Å². The summed E-state index contributed by atoms with van der Waals surface area (Å²) < 4.78 is 8.81. The predicted octanol–water partition coefficient (Wildman–Crippen LogP) is 14.4. The largest absolute Gasteiger partial charge is 0.507 e. The smallest absolute Gasteiger partial charge is 0.148 e. The van der Waals surface area contributed by atoms with Gasteiger partial charge >= 0.3 is 0 Å². The molecule has 0 saturated carbocycles. The van der Waals surface area contributed by atoms with Crippen molar-refractivity contribution in [2.75, 3.05) is 0 Å². The van der Waals surface area contributed by atoms with E-state index in [1.165, 1.54) is 5.56 Å². The average molecular weight is 966 g/mol. The fourth-order valence-electron chi connectivity index (χ4n) is 8.77. The zero-order chi connectivity index (χ0) is 41.2. The maximum atomic E-state index is 12.4. The second kappa shape index (κ2) is 13.9.